The van der Waals surface area contributed by atoms with Crippen molar-refractivity contribution >= 4 is 17.5 Å². The zero-order chi connectivity index (χ0) is 16.9. The number of aromatic nitrogens is 1. The molecule has 3 N–H and O–H groups in total. The van der Waals surface area contributed by atoms with E-state index in [1.807, 2.05) is 18.2 Å². The summed E-state index contributed by atoms with van der Waals surface area (Å²) >= 11 is 0. The highest BCUT2D eigenvalue weighted by molar-refractivity contribution is 5.94. The maximum Gasteiger partial charge on any atom is 0.240 e. The van der Waals surface area contributed by atoms with Gasteiger partial charge < -0.3 is 10.4 Å². The van der Waals surface area contributed by atoms with Crippen LogP contribution in [0.3, 0.4) is 0 Å². The molecule has 2 amide bonds. The molecule has 1 fully saturated rings. The summed E-state index contributed by atoms with van der Waals surface area (Å²) in [5.74, 6) is 0.0683. The average Bonchev–Trinajstić information content (AvgIpc) is 2.57. The molecule has 1 aliphatic carbocycles. The van der Waals surface area contributed by atoms with Gasteiger partial charge in [-0.25, -0.2) is 5.43 Å². The van der Waals surface area contributed by atoms with Gasteiger partial charge in [0.05, 0.1) is 17.8 Å². The molecule has 7 heteroatoms. The van der Waals surface area contributed by atoms with Crippen LogP contribution in [0.15, 0.2) is 29.5 Å². The van der Waals surface area contributed by atoms with Gasteiger partial charge in [-0.05, 0) is 43.7 Å². The number of nitrogens with one attached hydrogen (secondary N) is 2. The van der Waals surface area contributed by atoms with Crippen LogP contribution in [0.4, 0.5) is 0 Å². The third kappa shape index (κ3) is 4.17. The summed E-state index contributed by atoms with van der Waals surface area (Å²) in [7, 11) is 0. The van der Waals surface area contributed by atoms with Crippen LogP contribution >= 0.6 is 0 Å². The molecule has 2 heterocycles. The molecule has 128 valence electrons. The average molecular weight is 330 g/mol. The Kier molecular flexibility index (Phi) is 5.20. The number of aliphatic hydroxyl groups excluding tert-OH is 1. The molecule has 1 saturated carbocycles. The molecule has 0 aromatic carbocycles. The van der Waals surface area contributed by atoms with Crippen molar-refractivity contribution in [2.75, 3.05) is 0 Å². The lowest BCUT2D eigenvalue weighted by atomic mass is 9.76. The summed E-state index contributed by atoms with van der Waals surface area (Å²) in [5.41, 5.74) is 4.11. The molecule has 0 spiro atoms. The molecule has 0 saturated heterocycles. The fourth-order valence-corrected chi connectivity index (χ4v) is 3.09. The number of amides is 2. The van der Waals surface area contributed by atoms with E-state index in [-0.39, 0.29) is 29.9 Å². The molecule has 0 radical (unpaired) electrons. The van der Waals surface area contributed by atoms with Crippen molar-refractivity contribution in [3.05, 3.63) is 30.1 Å². The second kappa shape index (κ2) is 7.53. The maximum absolute atomic E-state index is 12.3. The van der Waals surface area contributed by atoms with E-state index >= 15 is 0 Å². The number of hydrogen-bond donors (Lipinski definition) is 3. The molecule has 0 bridgehead atoms. The smallest absolute Gasteiger partial charge is 0.240 e. The van der Waals surface area contributed by atoms with E-state index < -0.39 is 0 Å². The first-order chi connectivity index (χ1) is 11.6. The highest BCUT2D eigenvalue weighted by Gasteiger charge is 2.36. The molecule has 2 aliphatic rings. The van der Waals surface area contributed by atoms with E-state index in [1.54, 1.807) is 6.20 Å². The predicted molar refractivity (Wildman–Crippen MR) is 87.9 cm³/mol. The number of aliphatic hydroxyl groups is 1. The number of hydrazone groups is 1. The molecule has 0 unspecified atom stereocenters. The molecule has 3 rings (SSSR count). The van der Waals surface area contributed by atoms with Gasteiger partial charge in [-0.15, -0.1) is 0 Å². The van der Waals surface area contributed by atoms with Gasteiger partial charge in [0, 0.05) is 24.8 Å². The monoisotopic (exact) mass is 330 g/mol. The number of nitrogens with zero attached hydrogens (tertiary/aromatic N) is 2. The Morgan fingerprint density at radius 1 is 1.38 bits per heavy atom. The van der Waals surface area contributed by atoms with Crippen molar-refractivity contribution in [1.82, 2.24) is 15.7 Å². The summed E-state index contributed by atoms with van der Waals surface area (Å²) < 4.78 is 0. The van der Waals surface area contributed by atoms with Gasteiger partial charge in [-0.3, -0.25) is 14.6 Å². The van der Waals surface area contributed by atoms with Crippen LogP contribution in [-0.4, -0.2) is 33.7 Å². The molecule has 24 heavy (non-hydrogen) atoms. The third-order valence-corrected chi connectivity index (χ3v) is 4.56. The van der Waals surface area contributed by atoms with E-state index in [4.69, 9.17) is 0 Å². The van der Waals surface area contributed by atoms with Crippen molar-refractivity contribution in [2.24, 2.45) is 11.0 Å². The standard InChI is InChI=1S/C17H22N4O3/c22-13-9-11(10-13)17(14-3-1-2-8-18-14)19-15(23)6-4-12-5-7-16(24)21-20-12/h1-3,8,11,13,17,22H,4-7,9-10H2,(H,19,23)(H,21,24)/t11?,13?,17-/m0/s1. The lowest BCUT2D eigenvalue weighted by Gasteiger charge is -2.37. The number of hydrogen-bond acceptors (Lipinski definition) is 5. The first kappa shape index (κ1) is 16.6. The van der Waals surface area contributed by atoms with Crippen molar-refractivity contribution in [1.29, 1.82) is 0 Å². The Morgan fingerprint density at radius 2 is 2.21 bits per heavy atom. The van der Waals surface area contributed by atoms with Gasteiger partial charge in [0.25, 0.3) is 0 Å². The van der Waals surface area contributed by atoms with Crippen molar-refractivity contribution < 1.29 is 14.7 Å². The Hall–Kier alpha value is -2.28. The minimum atomic E-state index is -0.279. The van der Waals surface area contributed by atoms with Crippen molar-refractivity contribution in [3.63, 3.8) is 0 Å². The molecule has 7 nitrogen and oxygen atoms in total. The fraction of sp³-hybridized carbons (Fsp3) is 0.529. The second-order valence-electron chi connectivity index (χ2n) is 6.40. The van der Waals surface area contributed by atoms with Crippen LogP contribution in [0.25, 0.3) is 0 Å². The Morgan fingerprint density at radius 3 is 2.83 bits per heavy atom. The summed E-state index contributed by atoms with van der Waals surface area (Å²) in [6, 6.07) is 5.47. The highest BCUT2D eigenvalue weighted by atomic mass is 16.3. The number of carbonyl (C=O) groups is 2. The molecular formula is C17H22N4O3. The van der Waals surface area contributed by atoms with Crippen LogP contribution in [0, 0.1) is 5.92 Å². The minimum absolute atomic E-state index is 0.0633. The minimum Gasteiger partial charge on any atom is -0.393 e. The van der Waals surface area contributed by atoms with E-state index in [1.165, 1.54) is 0 Å². The van der Waals surface area contributed by atoms with Gasteiger partial charge in [0.15, 0.2) is 0 Å². The van der Waals surface area contributed by atoms with E-state index in [9.17, 15) is 14.7 Å². The Balaban J connectivity index is 1.56. The Labute approximate surface area is 140 Å². The van der Waals surface area contributed by atoms with Crippen molar-refractivity contribution in [2.45, 2.75) is 50.7 Å². The maximum atomic E-state index is 12.3. The topological polar surface area (TPSA) is 104 Å². The lowest BCUT2D eigenvalue weighted by Crippen LogP contribution is -2.41. The summed E-state index contributed by atoms with van der Waals surface area (Å²) in [6.07, 6.45) is 4.69. The zero-order valence-corrected chi connectivity index (χ0v) is 13.4. The molecule has 1 aromatic rings. The van der Waals surface area contributed by atoms with Crippen molar-refractivity contribution in [3.8, 4) is 0 Å². The highest BCUT2D eigenvalue weighted by Crippen LogP contribution is 2.37. The molecular weight excluding hydrogens is 308 g/mol. The number of rotatable bonds is 6. The molecule has 1 aliphatic heterocycles. The van der Waals surface area contributed by atoms with Gasteiger partial charge >= 0.3 is 0 Å². The quantitative estimate of drug-likeness (QED) is 0.725. The normalized spacial score (nSPS) is 24.4. The number of pyridine rings is 1. The van der Waals surface area contributed by atoms with E-state index in [2.05, 4.69) is 20.8 Å². The summed E-state index contributed by atoms with van der Waals surface area (Å²) in [4.78, 5) is 27.7. The first-order valence-electron chi connectivity index (χ1n) is 8.34. The fourth-order valence-electron chi connectivity index (χ4n) is 3.09. The van der Waals surface area contributed by atoms with Gasteiger partial charge in [-0.1, -0.05) is 6.07 Å². The summed E-state index contributed by atoms with van der Waals surface area (Å²) in [6.45, 7) is 0. The largest absolute Gasteiger partial charge is 0.393 e. The van der Waals surface area contributed by atoms with Crippen LogP contribution in [-0.2, 0) is 9.59 Å². The second-order valence-corrected chi connectivity index (χ2v) is 6.40. The van der Waals surface area contributed by atoms with Crippen LogP contribution in [0.2, 0.25) is 0 Å². The van der Waals surface area contributed by atoms with E-state index in [0.29, 0.717) is 38.5 Å². The Bertz CT molecular complexity index is 626. The molecule has 1 atom stereocenters. The van der Waals surface area contributed by atoms with Crippen LogP contribution in [0.5, 0.6) is 0 Å². The van der Waals surface area contributed by atoms with Gasteiger partial charge in [0.2, 0.25) is 11.8 Å². The lowest BCUT2D eigenvalue weighted by molar-refractivity contribution is -0.123. The number of carbonyl (C=O) groups excluding carboxylic acids is 2. The van der Waals surface area contributed by atoms with E-state index in [0.717, 1.165) is 11.4 Å². The zero-order valence-electron chi connectivity index (χ0n) is 13.4. The van der Waals surface area contributed by atoms with Crippen LogP contribution < -0.4 is 10.7 Å². The third-order valence-electron chi connectivity index (χ3n) is 4.56. The van der Waals surface area contributed by atoms with Gasteiger partial charge in [0.1, 0.15) is 0 Å². The van der Waals surface area contributed by atoms with Gasteiger partial charge in [-0.2, -0.15) is 5.10 Å². The SMILES string of the molecule is O=C1CCC(CCC(=O)N[C@H](c2ccccn2)C2CC(O)C2)=NN1. The summed E-state index contributed by atoms with van der Waals surface area (Å²) in [5, 5.41) is 16.6. The molecule has 1 aromatic heterocycles. The predicted octanol–water partition coefficient (Wildman–Crippen LogP) is 1.06. The first-order valence-corrected chi connectivity index (χ1v) is 8.34. The van der Waals surface area contributed by atoms with Crippen LogP contribution in [0.1, 0.15) is 50.3 Å².